The molecule has 0 saturated carbocycles. The molecule has 196 valence electrons. The van der Waals surface area contributed by atoms with Crippen molar-refractivity contribution in [1.29, 1.82) is 0 Å². The number of rotatable bonds is 8. The van der Waals surface area contributed by atoms with Gasteiger partial charge < -0.3 is 27.2 Å². The lowest BCUT2D eigenvalue weighted by Gasteiger charge is -2.19. The third-order valence-corrected chi connectivity index (χ3v) is 5.58. The Labute approximate surface area is 220 Å². The zero-order valence-corrected chi connectivity index (χ0v) is 20.6. The van der Waals surface area contributed by atoms with Gasteiger partial charge in [-0.3, -0.25) is 19.6 Å². The maximum absolute atomic E-state index is 12.4. The number of benzene rings is 3. The molecule has 0 aliphatic rings. The summed E-state index contributed by atoms with van der Waals surface area (Å²) in [7, 11) is 0. The Morgan fingerprint density at radius 1 is 0.868 bits per heavy atom. The van der Waals surface area contributed by atoms with Crippen molar-refractivity contribution in [2.75, 3.05) is 11.1 Å². The van der Waals surface area contributed by atoms with E-state index >= 15 is 0 Å². The smallest absolute Gasteiger partial charge is 0.268 e. The Hall–Kier alpha value is -4.69. The summed E-state index contributed by atoms with van der Waals surface area (Å²) in [6.45, 7) is 1.32. The number of hydroxylamine groups is 1. The highest BCUT2D eigenvalue weighted by molar-refractivity contribution is 5.97. The van der Waals surface area contributed by atoms with Crippen LogP contribution in [-0.4, -0.2) is 46.2 Å². The topological polar surface area (TPSA) is 180 Å². The summed E-state index contributed by atoms with van der Waals surface area (Å²) < 4.78 is 0. The zero-order valence-electron chi connectivity index (χ0n) is 20.6. The van der Waals surface area contributed by atoms with Gasteiger partial charge in [0.25, 0.3) is 11.8 Å². The molecule has 3 amide bonds. The highest BCUT2D eigenvalue weighted by Gasteiger charge is 2.25. The lowest BCUT2D eigenvalue weighted by atomic mass is 10.1. The quantitative estimate of drug-likeness (QED) is 0.102. The number of aliphatic hydroxyl groups is 1. The van der Waals surface area contributed by atoms with Crippen LogP contribution in [0.4, 0.5) is 11.4 Å². The first-order chi connectivity index (χ1) is 18.2. The summed E-state index contributed by atoms with van der Waals surface area (Å²) in [5.41, 5.74) is 16.9. The van der Waals surface area contributed by atoms with Gasteiger partial charge in [-0.2, -0.15) is 0 Å². The van der Waals surface area contributed by atoms with Crippen molar-refractivity contribution in [1.82, 2.24) is 10.8 Å². The van der Waals surface area contributed by atoms with Crippen LogP contribution in [0.5, 0.6) is 0 Å². The third kappa shape index (κ3) is 7.91. The number of anilines is 2. The van der Waals surface area contributed by atoms with Gasteiger partial charge in [0.05, 0.1) is 12.1 Å². The minimum absolute atomic E-state index is 0.252. The van der Waals surface area contributed by atoms with E-state index in [9.17, 15) is 19.5 Å². The van der Waals surface area contributed by atoms with Gasteiger partial charge in [-0.25, -0.2) is 5.48 Å². The van der Waals surface area contributed by atoms with E-state index in [1.165, 1.54) is 24.5 Å². The van der Waals surface area contributed by atoms with Gasteiger partial charge in [0, 0.05) is 28.1 Å². The Morgan fingerprint density at radius 3 is 1.95 bits per heavy atom. The van der Waals surface area contributed by atoms with Crippen molar-refractivity contribution < 1.29 is 24.7 Å². The van der Waals surface area contributed by atoms with Gasteiger partial charge in [0.15, 0.2) is 0 Å². The van der Waals surface area contributed by atoms with Crippen LogP contribution in [0, 0.1) is 11.8 Å². The van der Waals surface area contributed by atoms with Crippen LogP contribution in [0.1, 0.15) is 34.0 Å². The van der Waals surface area contributed by atoms with Crippen LogP contribution in [0.25, 0.3) is 0 Å². The van der Waals surface area contributed by atoms with Gasteiger partial charge in [-0.1, -0.05) is 24.0 Å². The van der Waals surface area contributed by atoms with Crippen molar-refractivity contribution in [3.05, 3.63) is 95.1 Å². The Balaban J connectivity index is 1.56. The van der Waals surface area contributed by atoms with Gasteiger partial charge in [0.2, 0.25) is 5.91 Å². The zero-order chi connectivity index (χ0) is 27.7. The summed E-state index contributed by atoms with van der Waals surface area (Å²) in [6.07, 6.45) is -0.822. The maximum Gasteiger partial charge on any atom is 0.268 e. The number of nitrogens with one attached hydrogen (secondary N) is 3. The molecule has 9 N–H and O–H groups in total. The second-order valence-corrected chi connectivity index (χ2v) is 8.61. The highest BCUT2D eigenvalue weighted by Crippen LogP contribution is 2.12. The first-order valence-electron chi connectivity index (χ1n) is 11.7. The molecule has 0 spiro atoms. The average molecular weight is 516 g/mol. The molecule has 0 bridgehead atoms. The average Bonchev–Trinajstić information content (AvgIpc) is 2.92. The fourth-order valence-corrected chi connectivity index (χ4v) is 3.42. The number of nitrogen functional groups attached to an aromatic ring is 1. The molecular weight excluding hydrogens is 486 g/mol. The minimum Gasteiger partial charge on any atom is -0.399 e. The summed E-state index contributed by atoms with van der Waals surface area (Å²) in [5, 5.41) is 23.6. The van der Waals surface area contributed by atoms with Crippen LogP contribution >= 0.6 is 0 Å². The third-order valence-electron chi connectivity index (χ3n) is 5.58. The van der Waals surface area contributed by atoms with Crippen molar-refractivity contribution in [2.24, 2.45) is 5.73 Å². The molecule has 10 heteroatoms. The predicted octanol–water partition coefficient (Wildman–Crippen LogP) is 1.16. The van der Waals surface area contributed by atoms with E-state index in [0.717, 1.165) is 5.56 Å². The summed E-state index contributed by atoms with van der Waals surface area (Å²) >= 11 is 0. The lowest BCUT2D eigenvalue weighted by Crippen LogP contribution is -2.51. The molecular formula is C28H29N5O5. The van der Waals surface area contributed by atoms with E-state index in [1.54, 1.807) is 48.5 Å². The number of carbonyl (C=O) groups is 3. The molecule has 3 aromatic carbocycles. The molecule has 0 heterocycles. The summed E-state index contributed by atoms with van der Waals surface area (Å²) in [5.74, 6) is 4.17. The van der Waals surface area contributed by atoms with Crippen LogP contribution < -0.4 is 27.6 Å². The number of hydrogen-bond donors (Lipinski definition) is 7. The molecule has 3 rings (SSSR count). The molecule has 0 aliphatic heterocycles. The number of nitrogens with two attached hydrogens (primary N) is 2. The first-order valence-corrected chi connectivity index (χ1v) is 11.7. The van der Waals surface area contributed by atoms with Crippen LogP contribution in [0.15, 0.2) is 72.8 Å². The molecule has 3 aromatic rings. The number of carbonyl (C=O) groups excluding carboxylic acids is 3. The fourth-order valence-electron chi connectivity index (χ4n) is 3.42. The molecule has 0 unspecified atom stereocenters. The molecule has 0 saturated heterocycles. The lowest BCUT2D eigenvalue weighted by molar-refractivity contribution is -0.133. The second-order valence-electron chi connectivity index (χ2n) is 8.61. The number of hydrogen-bond acceptors (Lipinski definition) is 7. The normalized spacial score (nSPS) is 12.7. The Bertz CT molecular complexity index is 1330. The monoisotopic (exact) mass is 515 g/mol. The van der Waals surface area contributed by atoms with Crippen LogP contribution in [0.2, 0.25) is 0 Å². The molecule has 0 radical (unpaired) electrons. The predicted molar refractivity (Wildman–Crippen MR) is 143 cm³/mol. The van der Waals surface area contributed by atoms with E-state index in [0.29, 0.717) is 28.9 Å². The molecule has 10 nitrogen and oxygen atoms in total. The fraction of sp³-hybridized carbons (Fsp3) is 0.179. The molecule has 38 heavy (non-hydrogen) atoms. The minimum atomic E-state index is -1.31. The first kappa shape index (κ1) is 27.9. The Morgan fingerprint density at radius 2 is 1.42 bits per heavy atom. The van der Waals surface area contributed by atoms with Gasteiger partial charge in [0.1, 0.15) is 6.04 Å². The van der Waals surface area contributed by atoms with Crippen LogP contribution in [0.3, 0.4) is 0 Å². The van der Waals surface area contributed by atoms with Gasteiger partial charge in [-0.05, 0) is 79.6 Å². The number of amides is 3. The maximum atomic E-state index is 12.4. The van der Waals surface area contributed by atoms with E-state index in [4.69, 9.17) is 16.7 Å². The molecule has 0 aliphatic carbocycles. The number of aliphatic hydroxyl groups excluding tert-OH is 1. The largest absolute Gasteiger partial charge is 0.399 e. The van der Waals surface area contributed by atoms with Gasteiger partial charge >= 0.3 is 0 Å². The van der Waals surface area contributed by atoms with E-state index in [-0.39, 0.29) is 11.5 Å². The molecule has 3 atom stereocenters. The van der Waals surface area contributed by atoms with E-state index in [2.05, 4.69) is 22.5 Å². The second kappa shape index (κ2) is 13.0. The van der Waals surface area contributed by atoms with E-state index in [1.807, 2.05) is 12.1 Å². The molecule has 0 aromatic heterocycles. The molecule has 0 fully saturated rings. The van der Waals surface area contributed by atoms with E-state index < -0.39 is 30.0 Å². The summed E-state index contributed by atoms with van der Waals surface area (Å²) in [6, 6.07) is 18.5. The van der Waals surface area contributed by atoms with Crippen molar-refractivity contribution in [2.45, 2.75) is 31.5 Å². The van der Waals surface area contributed by atoms with Crippen molar-refractivity contribution in [3.63, 3.8) is 0 Å². The van der Waals surface area contributed by atoms with Crippen molar-refractivity contribution >= 4 is 29.1 Å². The van der Waals surface area contributed by atoms with Crippen LogP contribution in [-0.2, 0) is 16.0 Å². The standard InChI is InChI=1S/C28H29N5O5/c1-17(34)25(28(37)33-38)32-26(35)21-10-4-18(5-11-21)2-3-19-8-14-23(15-9-19)31-27(36)24(30)16-20-6-12-22(29)13-7-20/h4-15,17,24-25,34,38H,16,29-30H2,1H3,(H,31,36)(H,32,35)(H,33,37)/t17-,24+,25+/m1/s1. The van der Waals surface area contributed by atoms with Crippen molar-refractivity contribution in [3.8, 4) is 11.8 Å². The SMILES string of the molecule is C[C@@H](O)[C@H](NC(=O)c1ccc(C#Cc2ccc(NC(=O)[C@@H](N)Cc3ccc(N)cc3)cc2)cc1)C(=O)NO. The Kier molecular flexibility index (Phi) is 9.56. The highest BCUT2D eigenvalue weighted by atomic mass is 16.5. The summed E-state index contributed by atoms with van der Waals surface area (Å²) in [4.78, 5) is 36.4. The van der Waals surface area contributed by atoms with Gasteiger partial charge in [-0.15, -0.1) is 0 Å².